The van der Waals surface area contributed by atoms with Gasteiger partial charge in [0.15, 0.2) is 0 Å². The fourth-order valence-corrected chi connectivity index (χ4v) is 4.45. The van der Waals surface area contributed by atoms with Crippen molar-refractivity contribution in [3.05, 3.63) is 81.9 Å². The molecule has 1 aliphatic heterocycles. The highest BCUT2D eigenvalue weighted by atomic mass is 79.9. The number of hydrogen-bond donors (Lipinski definition) is 1. The maximum atomic E-state index is 13.2. The highest BCUT2D eigenvalue weighted by Crippen LogP contribution is 2.40. The molecule has 0 aromatic heterocycles. The molecule has 180 valence electrons. The van der Waals surface area contributed by atoms with Crippen LogP contribution in [-0.2, 0) is 9.59 Å². The number of likely N-dealkylation sites (N-methyl/N-ethyl adjacent to an activating group) is 1. The molecule has 0 aliphatic carbocycles. The van der Waals surface area contributed by atoms with Gasteiger partial charge in [0.05, 0.1) is 11.6 Å². The first-order chi connectivity index (χ1) is 16.3. The topological polar surface area (TPSA) is 70.1 Å². The second-order valence-electron chi connectivity index (χ2n) is 8.15. The summed E-state index contributed by atoms with van der Waals surface area (Å²) in [5.74, 6) is -0.802. The molecule has 0 unspecified atom stereocenters. The van der Waals surface area contributed by atoms with Gasteiger partial charge in [-0.25, -0.2) is 0 Å². The highest BCUT2D eigenvalue weighted by Gasteiger charge is 2.46. The number of carbonyl (C=O) groups excluding carboxylic acids is 2. The van der Waals surface area contributed by atoms with Gasteiger partial charge in [0, 0.05) is 23.1 Å². The van der Waals surface area contributed by atoms with E-state index in [1.54, 1.807) is 29.2 Å². The van der Waals surface area contributed by atoms with Crippen molar-refractivity contribution in [1.29, 1.82) is 0 Å². The van der Waals surface area contributed by atoms with Gasteiger partial charge in [-0.15, -0.1) is 0 Å². The van der Waals surface area contributed by atoms with Crippen LogP contribution >= 0.6 is 15.9 Å². The SMILES string of the molecule is C=CCOc1ccc(C(O)=C2C(=O)C(=O)N(CCN(CC)CC)[C@H]2c2ccc(Br)cc2)c(C)c1. The van der Waals surface area contributed by atoms with Gasteiger partial charge in [-0.2, -0.15) is 0 Å². The van der Waals surface area contributed by atoms with Crippen LogP contribution in [0.2, 0.25) is 0 Å². The zero-order valence-electron chi connectivity index (χ0n) is 19.9. The number of halogens is 1. The molecule has 0 bridgehead atoms. The number of ketones is 1. The van der Waals surface area contributed by atoms with Crippen LogP contribution in [0.5, 0.6) is 5.75 Å². The number of ether oxygens (including phenoxy) is 1. The zero-order valence-corrected chi connectivity index (χ0v) is 21.5. The molecule has 2 aromatic rings. The van der Waals surface area contributed by atoms with E-state index in [2.05, 4.69) is 41.3 Å². The van der Waals surface area contributed by atoms with Crippen LogP contribution in [0.15, 0.2) is 65.2 Å². The number of benzene rings is 2. The third-order valence-electron chi connectivity index (χ3n) is 6.10. The van der Waals surface area contributed by atoms with E-state index >= 15 is 0 Å². The number of carbonyl (C=O) groups is 2. The third-order valence-corrected chi connectivity index (χ3v) is 6.63. The van der Waals surface area contributed by atoms with Crippen LogP contribution in [0, 0.1) is 6.92 Å². The summed E-state index contributed by atoms with van der Waals surface area (Å²) in [5, 5.41) is 11.3. The molecule has 0 radical (unpaired) electrons. The smallest absolute Gasteiger partial charge is 0.295 e. The standard InChI is InChI=1S/C27H31BrN2O4/c1-5-16-34-21-12-13-22(18(4)17-21)25(31)23-24(19-8-10-20(28)11-9-19)30(27(33)26(23)32)15-14-29(6-2)7-3/h5,8-13,17,24,31H,1,6-7,14-16H2,2-4H3/t24-/m0/s1. The number of aliphatic hydroxyl groups excluding tert-OH is 1. The minimum absolute atomic E-state index is 0.106. The van der Waals surface area contributed by atoms with Crippen molar-refractivity contribution in [1.82, 2.24) is 9.80 Å². The van der Waals surface area contributed by atoms with Crippen molar-refractivity contribution in [2.24, 2.45) is 0 Å². The molecule has 0 saturated carbocycles. The first-order valence-corrected chi connectivity index (χ1v) is 12.2. The number of Topliss-reactive ketones (excluding diaryl/α,β-unsaturated/α-hetero) is 1. The van der Waals surface area contributed by atoms with Crippen molar-refractivity contribution < 1.29 is 19.4 Å². The monoisotopic (exact) mass is 526 g/mol. The Bertz CT molecular complexity index is 1090. The van der Waals surface area contributed by atoms with Crippen LogP contribution in [-0.4, -0.2) is 59.4 Å². The molecule has 34 heavy (non-hydrogen) atoms. The van der Waals surface area contributed by atoms with Gasteiger partial charge in [0.2, 0.25) is 0 Å². The van der Waals surface area contributed by atoms with Gasteiger partial charge < -0.3 is 19.6 Å². The average Bonchev–Trinajstić information content (AvgIpc) is 3.08. The molecule has 1 aliphatic rings. The largest absolute Gasteiger partial charge is 0.507 e. The maximum absolute atomic E-state index is 13.2. The molecule has 1 amide bonds. The third kappa shape index (κ3) is 5.42. The van der Waals surface area contributed by atoms with Crippen LogP contribution in [0.25, 0.3) is 5.76 Å². The number of likely N-dealkylation sites (tertiary alicyclic amines) is 1. The summed E-state index contributed by atoms with van der Waals surface area (Å²) in [4.78, 5) is 30.1. The predicted octanol–water partition coefficient (Wildman–Crippen LogP) is 5.09. The fourth-order valence-electron chi connectivity index (χ4n) is 4.18. The number of aryl methyl sites for hydroxylation is 1. The number of nitrogens with zero attached hydrogens (tertiary/aromatic N) is 2. The quantitative estimate of drug-likeness (QED) is 0.202. The summed E-state index contributed by atoms with van der Waals surface area (Å²) >= 11 is 3.44. The average molecular weight is 527 g/mol. The molecular weight excluding hydrogens is 496 g/mol. The summed E-state index contributed by atoms with van der Waals surface area (Å²) < 4.78 is 6.47. The summed E-state index contributed by atoms with van der Waals surface area (Å²) in [5.41, 5.74) is 2.11. The van der Waals surface area contributed by atoms with Gasteiger partial charge in [0.25, 0.3) is 11.7 Å². The Morgan fingerprint density at radius 1 is 1.18 bits per heavy atom. The molecule has 1 heterocycles. The maximum Gasteiger partial charge on any atom is 0.295 e. The Balaban J connectivity index is 2.08. The van der Waals surface area contributed by atoms with Gasteiger partial charge in [-0.3, -0.25) is 9.59 Å². The molecular formula is C27H31BrN2O4. The number of rotatable bonds is 10. The van der Waals surface area contributed by atoms with Crippen molar-refractivity contribution in [3.8, 4) is 5.75 Å². The number of amides is 1. The van der Waals surface area contributed by atoms with E-state index in [9.17, 15) is 14.7 Å². The Morgan fingerprint density at radius 3 is 2.44 bits per heavy atom. The molecule has 1 fully saturated rings. The molecule has 1 saturated heterocycles. The van der Waals surface area contributed by atoms with Crippen LogP contribution in [0.1, 0.15) is 36.6 Å². The Labute approximate surface area is 209 Å². The fraction of sp³-hybridized carbons (Fsp3) is 0.333. The highest BCUT2D eigenvalue weighted by molar-refractivity contribution is 9.10. The van der Waals surface area contributed by atoms with Crippen molar-refractivity contribution >= 4 is 33.4 Å². The summed E-state index contributed by atoms with van der Waals surface area (Å²) in [7, 11) is 0. The summed E-state index contributed by atoms with van der Waals surface area (Å²) in [6, 6.07) is 12.1. The number of aliphatic hydroxyl groups is 1. The lowest BCUT2D eigenvalue weighted by Crippen LogP contribution is -2.38. The first-order valence-electron chi connectivity index (χ1n) is 11.4. The Morgan fingerprint density at radius 2 is 1.85 bits per heavy atom. The van der Waals surface area contributed by atoms with E-state index in [-0.39, 0.29) is 11.3 Å². The van der Waals surface area contributed by atoms with Crippen LogP contribution < -0.4 is 4.74 Å². The lowest BCUT2D eigenvalue weighted by atomic mass is 9.94. The minimum atomic E-state index is -0.670. The lowest BCUT2D eigenvalue weighted by molar-refractivity contribution is -0.140. The molecule has 1 N–H and O–H groups in total. The van der Waals surface area contributed by atoms with Crippen LogP contribution in [0.3, 0.4) is 0 Å². The van der Waals surface area contributed by atoms with E-state index in [1.807, 2.05) is 31.2 Å². The Kier molecular flexibility index (Phi) is 8.69. The predicted molar refractivity (Wildman–Crippen MR) is 138 cm³/mol. The summed E-state index contributed by atoms with van der Waals surface area (Å²) in [6.45, 7) is 12.7. The van der Waals surface area contributed by atoms with E-state index in [4.69, 9.17) is 4.74 Å². The van der Waals surface area contributed by atoms with Gasteiger partial charge in [-0.05, 0) is 61.5 Å². The molecule has 3 rings (SSSR count). The van der Waals surface area contributed by atoms with Crippen LogP contribution in [0.4, 0.5) is 0 Å². The van der Waals surface area contributed by atoms with Crippen molar-refractivity contribution in [3.63, 3.8) is 0 Å². The van der Waals surface area contributed by atoms with Gasteiger partial charge in [-0.1, -0.05) is 54.6 Å². The molecule has 1 atom stereocenters. The van der Waals surface area contributed by atoms with Crippen molar-refractivity contribution in [2.75, 3.05) is 32.8 Å². The molecule has 0 spiro atoms. The zero-order chi connectivity index (χ0) is 24.8. The van der Waals surface area contributed by atoms with E-state index in [1.165, 1.54) is 0 Å². The van der Waals surface area contributed by atoms with E-state index in [0.717, 1.165) is 28.7 Å². The van der Waals surface area contributed by atoms with Gasteiger partial charge >= 0.3 is 0 Å². The van der Waals surface area contributed by atoms with Gasteiger partial charge in [0.1, 0.15) is 18.1 Å². The summed E-state index contributed by atoms with van der Waals surface area (Å²) in [6.07, 6.45) is 1.65. The normalized spacial score (nSPS) is 17.4. The first kappa shape index (κ1) is 25.7. The number of hydrogen-bond acceptors (Lipinski definition) is 5. The second-order valence-corrected chi connectivity index (χ2v) is 9.06. The van der Waals surface area contributed by atoms with Crippen molar-refractivity contribution in [2.45, 2.75) is 26.8 Å². The van der Waals surface area contributed by atoms with E-state index in [0.29, 0.717) is 31.0 Å². The molecule has 2 aromatic carbocycles. The lowest BCUT2D eigenvalue weighted by Gasteiger charge is -2.28. The Hall–Kier alpha value is -2.90. The minimum Gasteiger partial charge on any atom is -0.507 e. The molecule has 7 heteroatoms. The van der Waals surface area contributed by atoms with E-state index < -0.39 is 17.7 Å². The second kappa shape index (κ2) is 11.5. The molecule has 6 nitrogen and oxygen atoms in total.